The summed E-state index contributed by atoms with van der Waals surface area (Å²) >= 11 is 6.94. The van der Waals surface area contributed by atoms with Gasteiger partial charge in [-0.3, -0.25) is 9.59 Å². The maximum absolute atomic E-state index is 12.0. The van der Waals surface area contributed by atoms with E-state index < -0.39 is 30.5 Å². The van der Waals surface area contributed by atoms with Crippen LogP contribution in [0.5, 0.6) is 0 Å². The van der Waals surface area contributed by atoms with Gasteiger partial charge in [0.15, 0.2) is 6.29 Å². The van der Waals surface area contributed by atoms with Crippen LogP contribution >= 0.6 is 38.4 Å². The first-order chi connectivity index (χ1) is 39.2. The van der Waals surface area contributed by atoms with E-state index in [-0.39, 0.29) is 70.9 Å². The molecule has 0 saturated carbocycles. The number of amides is 6. The number of hydrogen-bond acceptors (Lipinski definition) is 9. The number of nitrogens with one attached hydrogen (secondary N) is 6. The van der Waals surface area contributed by atoms with Gasteiger partial charge in [-0.05, 0) is 274 Å². The number of carbonyl (C=O) groups is 4. The minimum atomic E-state index is -4.87. The summed E-state index contributed by atoms with van der Waals surface area (Å²) in [6.45, 7) is 33.9. The Morgan fingerprint density at radius 1 is 0.466 bits per heavy atom. The molecule has 0 aromatic heterocycles. The Hall–Kier alpha value is -5.56. The smallest absolute Gasteiger partial charge is 0.870 e. The molecule has 13 N–H and O–H groups in total. The Labute approximate surface area is 563 Å². The van der Waals surface area contributed by atoms with Gasteiger partial charge in [-0.1, -0.05) is 22.0 Å². The maximum atomic E-state index is 12.0. The van der Waals surface area contributed by atoms with Crippen LogP contribution in [-0.2, 0) is 24.7 Å². The number of benzene rings is 6. The number of carbonyl (C=O) groups excluding carboxylic acids is 4. The third-order valence-electron chi connectivity index (χ3n) is 12.6. The van der Waals surface area contributed by atoms with Crippen LogP contribution in [0.4, 0.5) is 70.1 Å². The monoisotopic (exact) mass is 1400 g/mol. The summed E-state index contributed by atoms with van der Waals surface area (Å²) < 4.78 is 72.8. The van der Waals surface area contributed by atoms with Crippen molar-refractivity contribution in [2.24, 2.45) is 0 Å². The molecule has 0 aliphatic heterocycles. The summed E-state index contributed by atoms with van der Waals surface area (Å²) in [4.78, 5) is 44.0. The topological polar surface area (TPSA) is 263 Å². The molecular weight excluding hydrogens is 1320 g/mol. The van der Waals surface area contributed by atoms with Crippen molar-refractivity contribution in [3.8, 4) is 0 Å². The van der Waals surface area contributed by atoms with Gasteiger partial charge in [-0.15, -0.1) is 12.4 Å². The first-order valence-corrected chi connectivity index (χ1v) is 28.4. The number of rotatable bonds is 7. The van der Waals surface area contributed by atoms with Gasteiger partial charge in [0.2, 0.25) is 0 Å². The number of alkyl halides is 6. The molecule has 15 nitrogen and oxygen atoms in total. The molecule has 488 valence electrons. The average Bonchev–Trinajstić information content (AvgIpc) is 3.59. The Morgan fingerprint density at radius 3 is 0.955 bits per heavy atom. The molecule has 6 aromatic rings. The molecule has 6 aromatic carbocycles. The maximum Gasteiger partial charge on any atom is 1.00 e. The predicted molar refractivity (Wildman–Crippen MR) is 343 cm³/mol. The Bertz CT molecular complexity index is 2990. The number of hydrogen-bond donors (Lipinski definition) is 10. The number of nitrogens with two attached hydrogens (primary N) is 2. The van der Waals surface area contributed by atoms with E-state index in [4.69, 9.17) is 11.5 Å². The van der Waals surface area contributed by atoms with Gasteiger partial charge >= 0.3 is 91.0 Å². The SMILES string of the molecule is CCNC(=O)Nc1cc(C)c(C(O)O)c(C)c1.CCNC(=O)Nc1cc(C)c(C)c(C)c1.Cc1cc(C)cc(N)c1.Cc1cc(N)cc(C)c1C.Cc1cc(NC(=O)C(F)(F)F)cc(C)c1Br.Cc1cc(NC(=O)C(F)(F)F)cc(C)c1C.Cl.[Cl][Cu].[Na+].[OH-]. The van der Waals surface area contributed by atoms with Crippen molar-refractivity contribution in [3.63, 3.8) is 0 Å². The van der Waals surface area contributed by atoms with Gasteiger partial charge in [-0.25, -0.2) is 9.59 Å². The summed E-state index contributed by atoms with van der Waals surface area (Å²) in [5.74, 6) is -3.91. The van der Waals surface area contributed by atoms with Crippen molar-refractivity contribution in [1.82, 2.24) is 10.6 Å². The zero-order valence-corrected chi connectivity index (χ0v) is 59.0. The zero-order chi connectivity index (χ0) is 66.0. The van der Waals surface area contributed by atoms with Gasteiger partial charge in [0.1, 0.15) is 0 Å². The van der Waals surface area contributed by atoms with Gasteiger partial charge in [0, 0.05) is 57.3 Å². The van der Waals surface area contributed by atoms with E-state index >= 15 is 0 Å². The van der Waals surface area contributed by atoms with Crippen LogP contribution in [0.3, 0.4) is 0 Å². The van der Waals surface area contributed by atoms with Crippen LogP contribution < -0.4 is 72.9 Å². The van der Waals surface area contributed by atoms with E-state index in [0.29, 0.717) is 24.3 Å². The Morgan fingerprint density at radius 2 is 0.705 bits per heavy atom. The van der Waals surface area contributed by atoms with E-state index in [1.165, 1.54) is 68.8 Å². The quantitative estimate of drug-likeness (QED) is 0.0315. The van der Waals surface area contributed by atoms with E-state index in [9.17, 15) is 55.7 Å². The number of aliphatic hydroxyl groups is 2. The molecule has 0 atom stereocenters. The first kappa shape index (κ1) is 88.9. The second-order valence-electron chi connectivity index (χ2n) is 19.9. The summed E-state index contributed by atoms with van der Waals surface area (Å²) in [5, 5.41) is 32.8. The average molecular weight is 1400 g/mol. The molecule has 0 aliphatic rings. The fourth-order valence-corrected chi connectivity index (χ4v) is 8.07. The van der Waals surface area contributed by atoms with Crippen molar-refractivity contribution < 1.29 is 106 Å². The second-order valence-corrected chi connectivity index (χ2v) is 20.7. The van der Waals surface area contributed by atoms with Crippen LogP contribution in [0, 0.1) is 104 Å². The summed E-state index contributed by atoms with van der Waals surface area (Å²) in [6.07, 6.45) is -11.2. The number of aliphatic hydroxyl groups excluding tert-OH is 1. The number of urea groups is 2. The van der Waals surface area contributed by atoms with E-state index in [1.807, 2.05) is 90.2 Å². The predicted octanol–water partition coefficient (Wildman–Crippen LogP) is 12.9. The summed E-state index contributed by atoms with van der Waals surface area (Å²) in [6, 6.07) is 23.0. The minimum absolute atomic E-state index is 0. The van der Waals surface area contributed by atoms with Crippen molar-refractivity contribution in [2.75, 3.05) is 45.8 Å². The normalized spacial score (nSPS) is 10.0. The molecule has 0 fully saturated rings. The van der Waals surface area contributed by atoms with Crippen molar-refractivity contribution in [2.45, 2.75) is 136 Å². The molecule has 0 unspecified atom stereocenters. The largest absolute Gasteiger partial charge is 1.00 e. The van der Waals surface area contributed by atoms with Crippen LogP contribution in [0.15, 0.2) is 83.3 Å². The molecule has 0 spiro atoms. The first-order valence-electron chi connectivity index (χ1n) is 26.3. The zero-order valence-electron chi connectivity index (χ0n) is 52.9. The standard InChI is InChI=1S/C12H18N2O3.C12H18N2O.C11H12F3NO.C10H9BrF3NO.C9H13N.C8H11N.2ClH.Cu.Na.H2O/c1-4-13-12(17)14-9-5-7(2)10(11(15)16)8(3)6-9;1-5-13-12(15)14-11-6-8(2)10(4)9(3)7-11;1-6-4-9(5-7(2)8(6)3)15-10(16)11(12,13)14;1-5-3-7(4-6(2)8(5)11)15-9(16)10(12,13)14;1-6-4-9(10)5-7(2)8(6)3;1-6-3-7(2)5-8(9)4-6;;;;;/h5-6,11,15-16H,4H2,1-3H3,(H2,13,14,17);6-7H,5H2,1-4H3,(H2,13,14,15);4-5H,1-3H3,(H,15,16);3-4H,1-2H3,(H,15,16);4-5H,10H2,1-3H3;3-5H,9H2,1-2H3;2*1H;;;1H2/q;;;;;;;;2*+1;/p-2. The van der Waals surface area contributed by atoms with E-state index in [0.717, 1.165) is 60.5 Å². The summed E-state index contributed by atoms with van der Waals surface area (Å²) in [7, 11) is 4.20. The molecule has 26 heteroatoms. The molecule has 0 radical (unpaired) electrons. The fraction of sp³-hybridized carbons (Fsp3) is 0.355. The van der Waals surface area contributed by atoms with Crippen LogP contribution in [-0.4, -0.2) is 65.0 Å². The molecule has 0 saturated heterocycles. The van der Waals surface area contributed by atoms with Gasteiger partial charge < -0.3 is 59.1 Å². The molecule has 0 aliphatic carbocycles. The second kappa shape index (κ2) is 42.4. The fourth-order valence-electron chi connectivity index (χ4n) is 7.84. The van der Waals surface area contributed by atoms with Gasteiger partial charge in [0.05, 0.1) is 0 Å². The van der Waals surface area contributed by atoms with Gasteiger partial charge in [0.25, 0.3) is 0 Å². The molecule has 6 rings (SSSR count). The number of anilines is 6. The minimum Gasteiger partial charge on any atom is -0.870 e. The third kappa shape index (κ3) is 32.8. The molecule has 6 amide bonds. The summed E-state index contributed by atoms with van der Waals surface area (Å²) in [5.41, 5.74) is 30.9. The van der Waals surface area contributed by atoms with Crippen LogP contribution in [0.2, 0.25) is 0 Å². The molecular formula is C62H83BrCl2CuF6N8NaO7. The van der Waals surface area contributed by atoms with Gasteiger partial charge in [-0.2, -0.15) is 26.3 Å². The number of nitrogen functional groups attached to an aromatic ring is 2. The van der Waals surface area contributed by atoms with Crippen LogP contribution in [0.1, 0.15) is 109 Å². The van der Waals surface area contributed by atoms with Crippen molar-refractivity contribution in [1.29, 1.82) is 0 Å². The van der Waals surface area contributed by atoms with E-state index in [1.54, 1.807) is 59.0 Å². The Kier molecular flexibility index (Phi) is 42.8. The van der Waals surface area contributed by atoms with Crippen molar-refractivity contribution >= 4 is 96.4 Å². The molecule has 0 bridgehead atoms. The van der Waals surface area contributed by atoms with Crippen LogP contribution in [0.25, 0.3) is 0 Å². The van der Waals surface area contributed by atoms with E-state index in [2.05, 4.69) is 96.2 Å². The number of aryl methyl sites for hydroxylation is 12. The van der Waals surface area contributed by atoms with Crippen molar-refractivity contribution in [3.05, 3.63) is 172 Å². The number of halogens is 9. The Balaban J connectivity index is -0.000000480. The third-order valence-corrected chi connectivity index (χ3v) is 13.8. The molecule has 88 heavy (non-hydrogen) atoms. The molecule has 0 heterocycles.